The molecule has 0 amide bonds. The number of nitrogens with one attached hydrogen (secondary N) is 2. The van der Waals surface area contributed by atoms with Gasteiger partial charge in [0.25, 0.3) is 0 Å². The van der Waals surface area contributed by atoms with Gasteiger partial charge in [-0.2, -0.15) is 4.39 Å². The molecule has 1 fully saturated rings. The monoisotopic (exact) mass is 343 g/mol. The molecule has 0 aliphatic carbocycles. The van der Waals surface area contributed by atoms with Crippen molar-refractivity contribution in [1.82, 2.24) is 5.32 Å². The van der Waals surface area contributed by atoms with Gasteiger partial charge in [-0.3, -0.25) is 10.1 Å². The molecule has 23 heavy (non-hydrogen) atoms. The van der Waals surface area contributed by atoms with Gasteiger partial charge in [0.15, 0.2) is 0 Å². The molecule has 0 radical (unpaired) electrons. The minimum Gasteiger partial charge on any atom is -0.381 e. The van der Waals surface area contributed by atoms with E-state index in [1.165, 1.54) is 23.9 Å². The number of benzene rings is 1. The van der Waals surface area contributed by atoms with Gasteiger partial charge in [-0.25, -0.2) is 0 Å². The topological polar surface area (TPSA) is 67.2 Å². The molecular formula is C16H26FN3O2S. The van der Waals surface area contributed by atoms with Crippen molar-refractivity contribution >= 4 is 23.1 Å². The second-order valence-electron chi connectivity index (χ2n) is 5.07. The van der Waals surface area contributed by atoms with Crippen LogP contribution in [0.25, 0.3) is 0 Å². The van der Waals surface area contributed by atoms with Gasteiger partial charge in [0.05, 0.1) is 10.6 Å². The van der Waals surface area contributed by atoms with Gasteiger partial charge in [0, 0.05) is 17.0 Å². The molecule has 0 saturated carbocycles. The number of anilines is 1. The Hall–Kier alpha value is -1.34. The first kappa shape index (κ1) is 19.7. The highest BCUT2D eigenvalue weighted by molar-refractivity contribution is 7.99. The fourth-order valence-electron chi connectivity index (χ4n) is 2.31. The number of nitro groups is 1. The van der Waals surface area contributed by atoms with Gasteiger partial charge < -0.3 is 10.6 Å². The summed E-state index contributed by atoms with van der Waals surface area (Å²) in [6, 6.07) is 2.88. The number of nitro benzene ring substituents is 1. The Morgan fingerprint density at radius 3 is 2.61 bits per heavy atom. The van der Waals surface area contributed by atoms with Crippen molar-refractivity contribution in [3.05, 3.63) is 28.1 Å². The quantitative estimate of drug-likeness (QED) is 0.454. The number of thioether (sulfide) groups is 1. The summed E-state index contributed by atoms with van der Waals surface area (Å²) in [5, 5.41) is 17.5. The Morgan fingerprint density at radius 2 is 2.04 bits per heavy atom. The van der Waals surface area contributed by atoms with Crippen molar-refractivity contribution in [3.8, 4) is 0 Å². The van der Waals surface area contributed by atoms with Crippen molar-refractivity contribution in [2.45, 2.75) is 51.0 Å². The standard InChI is InChI=1S/C14H20FN3O2S.C2H6/c1-2-7-21-14-8-11(15)13(18(19)20)9-12(14)17-10-3-5-16-6-4-10;1-2/h8-10,16-17H,2-7H2,1H3;1-2H3. The molecule has 1 aliphatic rings. The fourth-order valence-corrected chi connectivity index (χ4v) is 3.20. The molecule has 0 spiro atoms. The van der Waals surface area contributed by atoms with Gasteiger partial charge in [-0.05, 0) is 44.2 Å². The molecule has 130 valence electrons. The van der Waals surface area contributed by atoms with Crippen molar-refractivity contribution < 1.29 is 9.31 Å². The van der Waals surface area contributed by atoms with Crippen molar-refractivity contribution in [2.75, 3.05) is 24.2 Å². The Kier molecular flexibility index (Phi) is 8.94. The lowest BCUT2D eigenvalue weighted by molar-refractivity contribution is -0.387. The van der Waals surface area contributed by atoms with E-state index in [2.05, 4.69) is 17.6 Å². The summed E-state index contributed by atoms with van der Waals surface area (Å²) in [5.74, 6) is 0.0903. The van der Waals surface area contributed by atoms with Crippen LogP contribution in [-0.4, -0.2) is 29.8 Å². The zero-order valence-electron chi connectivity index (χ0n) is 14.0. The highest BCUT2D eigenvalue weighted by Gasteiger charge is 2.21. The third kappa shape index (κ3) is 5.99. The molecule has 1 aromatic rings. The lowest BCUT2D eigenvalue weighted by atomic mass is 10.1. The average molecular weight is 343 g/mol. The minimum atomic E-state index is -0.769. The van der Waals surface area contributed by atoms with Gasteiger partial charge >= 0.3 is 5.69 Å². The summed E-state index contributed by atoms with van der Waals surface area (Å²) >= 11 is 1.53. The molecule has 0 aromatic heterocycles. The van der Waals surface area contributed by atoms with Crippen molar-refractivity contribution in [3.63, 3.8) is 0 Å². The van der Waals surface area contributed by atoms with Gasteiger partial charge in [0.1, 0.15) is 0 Å². The predicted octanol–water partition coefficient (Wildman–Crippen LogP) is 4.43. The van der Waals surface area contributed by atoms with E-state index in [4.69, 9.17) is 0 Å². The third-order valence-corrected chi connectivity index (χ3v) is 4.67. The van der Waals surface area contributed by atoms with E-state index in [1.807, 2.05) is 13.8 Å². The maximum absolute atomic E-state index is 13.8. The van der Waals surface area contributed by atoms with E-state index in [0.717, 1.165) is 43.0 Å². The summed E-state index contributed by atoms with van der Waals surface area (Å²) in [7, 11) is 0. The maximum Gasteiger partial charge on any atom is 0.306 e. The zero-order valence-corrected chi connectivity index (χ0v) is 14.8. The second-order valence-corrected chi connectivity index (χ2v) is 6.21. The van der Waals surface area contributed by atoms with E-state index in [-0.39, 0.29) is 6.04 Å². The van der Waals surface area contributed by atoms with Gasteiger partial charge in [-0.15, -0.1) is 11.8 Å². The van der Waals surface area contributed by atoms with Crippen LogP contribution < -0.4 is 10.6 Å². The number of hydrogen-bond donors (Lipinski definition) is 2. The van der Waals surface area contributed by atoms with Crippen molar-refractivity contribution in [1.29, 1.82) is 0 Å². The van der Waals surface area contributed by atoms with Crippen LogP contribution in [0.3, 0.4) is 0 Å². The Labute approximate surface area is 141 Å². The smallest absolute Gasteiger partial charge is 0.306 e. The Bertz CT molecular complexity index is 508. The molecule has 0 atom stereocenters. The van der Waals surface area contributed by atoms with Crippen LogP contribution in [0.1, 0.15) is 40.0 Å². The molecule has 1 aromatic carbocycles. The first-order valence-corrected chi connectivity index (χ1v) is 9.18. The number of hydrogen-bond acceptors (Lipinski definition) is 5. The summed E-state index contributed by atoms with van der Waals surface area (Å²) < 4.78 is 13.8. The summed E-state index contributed by atoms with van der Waals surface area (Å²) in [6.07, 6.45) is 2.89. The molecule has 2 rings (SSSR count). The van der Waals surface area contributed by atoms with Crippen LogP contribution in [-0.2, 0) is 0 Å². The molecular weight excluding hydrogens is 317 g/mol. The molecule has 1 saturated heterocycles. The molecule has 0 bridgehead atoms. The lowest BCUT2D eigenvalue weighted by Crippen LogP contribution is -2.35. The number of nitrogens with zero attached hydrogens (tertiary/aromatic N) is 1. The molecule has 2 N–H and O–H groups in total. The van der Waals surface area contributed by atoms with E-state index in [0.29, 0.717) is 5.69 Å². The number of piperidine rings is 1. The lowest BCUT2D eigenvalue weighted by Gasteiger charge is -2.25. The first-order valence-electron chi connectivity index (χ1n) is 8.19. The number of rotatable bonds is 6. The number of halogens is 1. The zero-order chi connectivity index (χ0) is 17.2. The highest BCUT2D eigenvalue weighted by Crippen LogP contribution is 2.34. The van der Waals surface area contributed by atoms with E-state index >= 15 is 0 Å². The van der Waals surface area contributed by atoms with E-state index in [1.54, 1.807) is 0 Å². The van der Waals surface area contributed by atoms with Crippen LogP contribution in [0.5, 0.6) is 0 Å². The SMILES string of the molecule is CC.CCCSc1cc(F)c([N+](=O)[O-])cc1NC1CCNCC1. The normalized spacial score (nSPS) is 14.8. The summed E-state index contributed by atoms with van der Waals surface area (Å²) in [5.41, 5.74) is 0.209. The highest BCUT2D eigenvalue weighted by atomic mass is 32.2. The first-order chi connectivity index (χ1) is 11.1. The third-order valence-electron chi connectivity index (χ3n) is 3.41. The van der Waals surface area contributed by atoms with Gasteiger partial charge in [-0.1, -0.05) is 20.8 Å². The van der Waals surface area contributed by atoms with Crippen LogP contribution in [0.2, 0.25) is 0 Å². The van der Waals surface area contributed by atoms with Crippen molar-refractivity contribution in [2.24, 2.45) is 0 Å². The molecule has 1 heterocycles. The Balaban J connectivity index is 0.00000127. The Morgan fingerprint density at radius 1 is 1.39 bits per heavy atom. The molecule has 0 unspecified atom stereocenters. The van der Waals surface area contributed by atoms with Crippen LogP contribution in [0.4, 0.5) is 15.8 Å². The largest absolute Gasteiger partial charge is 0.381 e. The van der Waals surface area contributed by atoms with Crippen LogP contribution in [0.15, 0.2) is 17.0 Å². The van der Waals surface area contributed by atoms with E-state index in [9.17, 15) is 14.5 Å². The van der Waals surface area contributed by atoms with E-state index < -0.39 is 16.4 Å². The molecule has 1 aliphatic heterocycles. The predicted molar refractivity (Wildman–Crippen MR) is 94.9 cm³/mol. The minimum absolute atomic E-state index is 0.275. The summed E-state index contributed by atoms with van der Waals surface area (Å²) in [6.45, 7) is 7.91. The summed E-state index contributed by atoms with van der Waals surface area (Å²) in [4.78, 5) is 11.0. The average Bonchev–Trinajstić information content (AvgIpc) is 2.57. The fraction of sp³-hybridized carbons (Fsp3) is 0.625. The van der Waals surface area contributed by atoms with Crippen LogP contribution >= 0.6 is 11.8 Å². The molecule has 5 nitrogen and oxygen atoms in total. The molecule has 7 heteroatoms. The second kappa shape index (κ2) is 10.4. The van der Waals surface area contributed by atoms with Gasteiger partial charge in [0.2, 0.25) is 5.82 Å². The maximum atomic E-state index is 13.8. The van der Waals surface area contributed by atoms with Crippen LogP contribution in [0, 0.1) is 15.9 Å².